The van der Waals surface area contributed by atoms with Gasteiger partial charge in [0.05, 0.1) is 18.5 Å². The number of nitrogen functional groups attached to an aromatic ring is 1. The van der Waals surface area contributed by atoms with Gasteiger partial charge in [-0.25, -0.2) is 9.97 Å². The second-order valence-electron chi connectivity index (χ2n) is 4.31. The number of hydrogen-bond acceptors (Lipinski definition) is 4. The highest BCUT2D eigenvalue weighted by Gasteiger charge is 2.12. The van der Waals surface area contributed by atoms with Crippen LogP contribution in [0.15, 0.2) is 18.2 Å². The Bertz CT molecular complexity index is 571. The van der Waals surface area contributed by atoms with Gasteiger partial charge in [-0.2, -0.15) is 0 Å². The second-order valence-corrected chi connectivity index (χ2v) is 4.31. The number of hydrogen-bond donors (Lipinski definition) is 1. The summed E-state index contributed by atoms with van der Waals surface area (Å²) in [7, 11) is 1.66. The summed E-state index contributed by atoms with van der Waals surface area (Å²) in [6, 6.07) is 5.98. The van der Waals surface area contributed by atoms with Gasteiger partial charge in [0.15, 0.2) is 0 Å². The third kappa shape index (κ3) is 2.14. The van der Waals surface area contributed by atoms with Gasteiger partial charge in [0.1, 0.15) is 5.75 Å². The lowest BCUT2D eigenvalue weighted by molar-refractivity contribution is 0.414. The van der Waals surface area contributed by atoms with Crippen molar-refractivity contribution in [2.75, 3.05) is 12.8 Å². The normalized spacial score (nSPS) is 10.4. The van der Waals surface area contributed by atoms with Crippen molar-refractivity contribution >= 4 is 5.95 Å². The molecule has 4 heteroatoms. The first kappa shape index (κ1) is 12.4. The molecule has 1 aromatic heterocycles. The molecule has 0 bridgehead atoms. The maximum atomic E-state index is 5.65. The number of anilines is 1. The number of ether oxygens (including phenoxy) is 1. The Kier molecular flexibility index (Phi) is 3.19. The lowest BCUT2D eigenvalue weighted by atomic mass is 9.98. The molecule has 0 atom stereocenters. The first-order chi connectivity index (χ1) is 8.52. The summed E-state index contributed by atoms with van der Waals surface area (Å²) in [5.41, 5.74) is 10.7. The van der Waals surface area contributed by atoms with Crippen LogP contribution in [-0.2, 0) is 0 Å². The molecule has 0 aliphatic rings. The lowest BCUT2D eigenvalue weighted by Crippen LogP contribution is -2.02. The van der Waals surface area contributed by atoms with Gasteiger partial charge < -0.3 is 10.5 Å². The van der Waals surface area contributed by atoms with Crippen molar-refractivity contribution in [2.24, 2.45) is 0 Å². The van der Waals surface area contributed by atoms with E-state index in [1.54, 1.807) is 7.11 Å². The van der Waals surface area contributed by atoms with E-state index in [9.17, 15) is 0 Å². The van der Waals surface area contributed by atoms with Crippen molar-refractivity contribution in [3.63, 3.8) is 0 Å². The largest absolute Gasteiger partial charge is 0.497 e. The van der Waals surface area contributed by atoms with Crippen molar-refractivity contribution < 1.29 is 4.74 Å². The molecule has 2 aromatic rings. The Morgan fingerprint density at radius 3 is 2.17 bits per heavy atom. The second kappa shape index (κ2) is 4.64. The Balaban J connectivity index is 2.62. The van der Waals surface area contributed by atoms with E-state index in [1.807, 2.05) is 39.0 Å². The summed E-state index contributed by atoms with van der Waals surface area (Å²) in [5.74, 6) is 1.17. The molecule has 0 spiro atoms. The molecule has 18 heavy (non-hydrogen) atoms. The highest BCUT2D eigenvalue weighted by Crippen LogP contribution is 2.30. The van der Waals surface area contributed by atoms with Gasteiger partial charge in [0.25, 0.3) is 0 Å². The van der Waals surface area contributed by atoms with Gasteiger partial charge in [0, 0.05) is 5.56 Å². The predicted molar refractivity (Wildman–Crippen MR) is 72.6 cm³/mol. The van der Waals surface area contributed by atoms with Gasteiger partial charge >= 0.3 is 0 Å². The fourth-order valence-corrected chi connectivity index (χ4v) is 2.18. The smallest absolute Gasteiger partial charge is 0.220 e. The molecule has 1 heterocycles. The third-order valence-corrected chi connectivity index (χ3v) is 2.99. The number of benzene rings is 1. The minimum Gasteiger partial charge on any atom is -0.497 e. The SMILES string of the molecule is COc1ccc(-c2c(C)nc(N)nc2C)c(C)c1. The first-order valence-corrected chi connectivity index (χ1v) is 5.78. The van der Waals surface area contributed by atoms with E-state index in [0.717, 1.165) is 33.8 Å². The van der Waals surface area contributed by atoms with Gasteiger partial charge in [-0.3, -0.25) is 0 Å². The number of aromatic nitrogens is 2. The Hall–Kier alpha value is -2.10. The molecule has 1 aromatic carbocycles. The summed E-state index contributed by atoms with van der Waals surface area (Å²) in [5, 5.41) is 0. The van der Waals surface area contributed by atoms with Crippen LogP contribution in [0.1, 0.15) is 17.0 Å². The summed E-state index contributed by atoms with van der Waals surface area (Å²) < 4.78 is 5.21. The standard InChI is InChI=1S/C14H17N3O/c1-8-7-11(18-4)5-6-12(8)13-9(2)16-14(15)17-10(13)3/h5-7H,1-4H3,(H2,15,16,17). The maximum absolute atomic E-state index is 5.65. The minimum absolute atomic E-state index is 0.319. The Morgan fingerprint density at radius 2 is 1.67 bits per heavy atom. The average Bonchev–Trinajstić information content (AvgIpc) is 2.29. The summed E-state index contributed by atoms with van der Waals surface area (Å²) in [6.07, 6.45) is 0. The van der Waals surface area contributed by atoms with Crippen molar-refractivity contribution in [2.45, 2.75) is 20.8 Å². The van der Waals surface area contributed by atoms with Crippen LogP contribution in [0.4, 0.5) is 5.95 Å². The Morgan fingerprint density at radius 1 is 1.06 bits per heavy atom. The van der Waals surface area contributed by atoms with E-state index in [-0.39, 0.29) is 0 Å². The van der Waals surface area contributed by atoms with E-state index in [1.165, 1.54) is 0 Å². The van der Waals surface area contributed by atoms with Crippen molar-refractivity contribution in [3.05, 3.63) is 35.2 Å². The van der Waals surface area contributed by atoms with E-state index in [2.05, 4.69) is 9.97 Å². The summed E-state index contributed by atoms with van der Waals surface area (Å²) >= 11 is 0. The molecular formula is C14H17N3O. The van der Waals surface area contributed by atoms with Crippen LogP contribution in [0, 0.1) is 20.8 Å². The summed E-state index contributed by atoms with van der Waals surface area (Å²) in [4.78, 5) is 8.46. The first-order valence-electron chi connectivity index (χ1n) is 5.78. The van der Waals surface area contributed by atoms with Gasteiger partial charge in [0.2, 0.25) is 5.95 Å². The van der Waals surface area contributed by atoms with Crippen LogP contribution < -0.4 is 10.5 Å². The fourth-order valence-electron chi connectivity index (χ4n) is 2.18. The van der Waals surface area contributed by atoms with Crippen LogP contribution >= 0.6 is 0 Å². The average molecular weight is 243 g/mol. The van der Waals surface area contributed by atoms with E-state index in [0.29, 0.717) is 5.95 Å². The molecular weight excluding hydrogens is 226 g/mol. The molecule has 0 saturated heterocycles. The lowest BCUT2D eigenvalue weighted by Gasteiger charge is -2.13. The van der Waals surface area contributed by atoms with E-state index < -0.39 is 0 Å². The molecule has 2 N–H and O–H groups in total. The topological polar surface area (TPSA) is 61.0 Å². The molecule has 4 nitrogen and oxygen atoms in total. The summed E-state index contributed by atoms with van der Waals surface area (Å²) in [6.45, 7) is 5.95. The molecule has 0 aliphatic carbocycles. The quantitative estimate of drug-likeness (QED) is 0.880. The van der Waals surface area contributed by atoms with Crippen LogP contribution in [0.2, 0.25) is 0 Å². The van der Waals surface area contributed by atoms with Crippen LogP contribution in [0.5, 0.6) is 5.75 Å². The molecule has 0 aliphatic heterocycles. The van der Waals surface area contributed by atoms with Crippen molar-refractivity contribution in [1.29, 1.82) is 0 Å². The molecule has 0 unspecified atom stereocenters. The van der Waals surface area contributed by atoms with Crippen LogP contribution in [0.25, 0.3) is 11.1 Å². The number of nitrogens with two attached hydrogens (primary N) is 1. The van der Waals surface area contributed by atoms with Gasteiger partial charge in [-0.05, 0) is 44.0 Å². The monoisotopic (exact) mass is 243 g/mol. The Labute approximate surface area is 107 Å². The fraction of sp³-hybridized carbons (Fsp3) is 0.286. The third-order valence-electron chi connectivity index (χ3n) is 2.99. The van der Waals surface area contributed by atoms with Crippen LogP contribution in [-0.4, -0.2) is 17.1 Å². The number of methoxy groups -OCH3 is 1. The molecule has 0 amide bonds. The highest BCUT2D eigenvalue weighted by atomic mass is 16.5. The van der Waals surface area contributed by atoms with Crippen molar-refractivity contribution in [1.82, 2.24) is 9.97 Å². The number of rotatable bonds is 2. The number of aryl methyl sites for hydroxylation is 3. The molecule has 94 valence electrons. The van der Waals surface area contributed by atoms with Gasteiger partial charge in [-0.15, -0.1) is 0 Å². The zero-order chi connectivity index (χ0) is 13.3. The van der Waals surface area contributed by atoms with Crippen molar-refractivity contribution in [3.8, 4) is 16.9 Å². The van der Waals surface area contributed by atoms with Gasteiger partial charge in [-0.1, -0.05) is 6.07 Å². The van der Waals surface area contributed by atoms with Crippen LogP contribution in [0.3, 0.4) is 0 Å². The zero-order valence-electron chi connectivity index (χ0n) is 11.1. The van der Waals surface area contributed by atoms with E-state index >= 15 is 0 Å². The molecule has 0 saturated carbocycles. The molecule has 2 rings (SSSR count). The molecule has 0 radical (unpaired) electrons. The highest BCUT2D eigenvalue weighted by molar-refractivity contribution is 5.72. The van der Waals surface area contributed by atoms with E-state index in [4.69, 9.17) is 10.5 Å². The molecule has 0 fully saturated rings. The maximum Gasteiger partial charge on any atom is 0.220 e. The zero-order valence-corrected chi connectivity index (χ0v) is 11.1. The minimum atomic E-state index is 0.319. The predicted octanol–water partition coefficient (Wildman–Crippen LogP) is 2.66. The number of nitrogens with zero attached hydrogens (tertiary/aromatic N) is 2.